The van der Waals surface area contributed by atoms with Gasteiger partial charge in [-0.1, -0.05) is 80.3 Å². The van der Waals surface area contributed by atoms with Crippen LogP contribution >= 0.6 is 0 Å². The predicted octanol–water partition coefficient (Wildman–Crippen LogP) is 8.28. The van der Waals surface area contributed by atoms with E-state index in [2.05, 4.69) is 69.0 Å². The van der Waals surface area contributed by atoms with Crippen molar-refractivity contribution in [2.75, 3.05) is 0 Å². The van der Waals surface area contributed by atoms with Gasteiger partial charge in [0.05, 0.1) is 25.3 Å². The first-order valence-electron chi connectivity index (χ1n) is 13.4. The first-order chi connectivity index (χ1) is 19.2. The van der Waals surface area contributed by atoms with E-state index in [1.807, 2.05) is 60.1 Å². The summed E-state index contributed by atoms with van der Waals surface area (Å²) in [6, 6.07) is 30.9. The van der Waals surface area contributed by atoms with Crippen LogP contribution in [0.3, 0.4) is 0 Å². The second-order valence-electron chi connectivity index (χ2n) is 11.4. The molecule has 0 amide bonds. The molecule has 0 bridgehead atoms. The SMILES string of the molecule is Cc1ccc2c(oc3c(-c4cccc(-c5ccccc5)c4)c(C#N)ccc32)c1-c1cc([Si](C)(C)C)c(F)c[n+]1C. The van der Waals surface area contributed by atoms with Gasteiger partial charge in [0.1, 0.15) is 18.2 Å². The molecule has 2 aromatic heterocycles. The highest BCUT2D eigenvalue weighted by molar-refractivity contribution is 6.88. The van der Waals surface area contributed by atoms with Gasteiger partial charge in [-0.2, -0.15) is 9.83 Å². The molecule has 0 unspecified atom stereocenters. The third-order valence-electron chi connectivity index (χ3n) is 7.69. The third-order valence-corrected chi connectivity index (χ3v) is 9.69. The minimum Gasteiger partial charge on any atom is -0.454 e. The van der Waals surface area contributed by atoms with Gasteiger partial charge in [-0.25, -0.2) is 4.39 Å². The molecule has 6 aromatic rings. The normalized spacial score (nSPS) is 11.7. The molecule has 0 saturated heterocycles. The number of pyridine rings is 1. The maximum absolute atomic E-state index is 15.1. The van der Waals surface area contributed by atoms with Gasteiger partial charge in [-0.15, -0.1) is 0 Å². The standard InChI is InChI=1S/C35H30FN2OSi/c1-22-14-16-27-28-17-15-26(20-37)33(25-13-9-12-24(18-25)23-10-7-6-8-11-23)35(28)39-34(27)32(22)30-19-31(40(3,4)5)29(36)21-38(30)2/h6-19,21H,1-5H3/q+1. The van der Waals surface area contributed by atoms with Gasteiger partial charge in [-0.05, 0) is 52.6 Å². The van der Waals surface area contributed by atoms with Gasteiger partial charge in [0.2, 0.25) is 11.9 Å². The van der Waals surface area contributed by atoms with E-state index < -0.39 is 8.07 Å². The molecule has 0 aliphatic carbocycles. The Kier molecular flexibility index (Phi) is 6.16. The van der Waals surface area contributed by atoms with Gasteiger partial charge in [0, 0.05) is 22.4 Å². The maximum Gasteiger partial charge on any atom is 0.216 e. The van der Waals surface area contributed by atoms with E-state index in [9.17, 15) is 5.26 Å². The van der Waals surface area contributed by atoms with Crippen LogP contribution in [-0.4, -0.2) is 8.07 Å². The van der Waals surface area contributed by atoms with E-state index >= 15 is 4.39 Å². The Morgan fingerprint density at radius 1 is 0.775 bits per heavy atom. The molecule has 4 aromatic carbocycles. The van der Waals surface area contributed by atoms with Gasteiger partial charge in [-0.3, -0.25) is 0 Å². The number of nitriles is 1. The number of benzene rings is 4. The fraction of sp³-hybridized carbons (Fsp3) is 0.143. The van der Waals surface area contributed by atoms with Crippen LogP contribution in [0.5, 0.6) is 0 Å². The van der Waals surface area contributed by atoms with Crippen LogP contribution in [0.4, 0.5) is 4.39 Å². The molecule has 0 spiro atoms. The van der Waals surface area contributed by atoms with Gasteiger partial charge >= 0.3 is 0 Å². The Balaban J connectivity index is 1.65. The third kappa shape index (κ3) is 4.22. The molecular formula is C35H30FN2OSi+. The summed E-state index contributed by atoms with van der Waals surface area (Å²) in [5, 5.41) is 12.8. The van der Waals surface area contributed by atoms with Crippen molar-refractivity contribution in [3.05, 3.63) is 108 Å². The lowest BCUT2D eigenvalue weighted by Gasteiger charge is -2.17. The lowest BCUT2D eigenvalue weighted by Crippen LogP contribution is -2.44. The average molecular weight is 542 g/mol. The molecule has 196 valence electrons. The first-order valence-corrected chi connectivity index (χ1v) is 16.9. The zero-order valence-corrected chi connectivity index (χ0v) is 24.3. The van der Waals surface area contributed by atoms with Crippen molar-refractivity contribution in [2.24, 2.45) is 7.05 Å². The van der Waals surface area contributed by atoms with Crippen molar-refractivity contribution in [1.82, 2.24) is 0 Å². The van der Waals surface area contributed by atoms with Crippen molar-refractivity contribution in [1.29, 1.82) is 5.26 Å². The quantitative estimate of drug-likeness (QED) is 0.166. The minimum absolute atomic E-state index is 0.168. The monoisotopic (exact) mass is 541 g/mol. The molecule has 0 aliphatic rings. The van der Waals surface area contributed by atoms with Crippen LogP contribution in [0.2, 0.25) is 19.6 Å². The van der Waals surface area contributed by atoms with E-state index in [4.69, 9.17) is 4.42 Å². The number of furan rings is 1. The summed E-state index contributed by atoms with van der Waals surface area (Å²) < 4.78 is 23.7. The number of halogens is 1. The van der Waals surface area contributed by atoms with E-state index in [1.54, 1.807) is 6.20 Å². The van der Waals surface area contributed by atoms with Crippen molar-refractivity contribution >= 4 is 35.2 Å². The Morgan fingerprint density at radius 3 is 2.12 bits per heavy atom. The lowest BCUT2D eigenvalue weighted by molar-refractivity contribution is -0.661. The molecule has 40 heavy (non-hydrogen) atoms. The minimum atomic E-state index is -1.94. The number of hydrogen-bond acceptors (Lipinski definition) is 2. The first kappa shape index (κ1) is 25.7. The molecule has 0 radical (unpaired) electrons. The maximum atomic E-state index is 15.1. The second kappa shape index (κ2) is 9.58. The highest BCUT2D eigenvalue weighted by atomic mass is 28.3. The highest BCUT2D eigenvalue weighted by Gasteiger charge is 2.29. The largest absolute Gasteiger partial charge is 0.454 e. The van der Waals surface area contributed by atoms with E-state index in [1.165, 1.54) is 0 Å². The number of aromatic nitrogens is 1. The number of fused-ring (bicyclic) bond motifs is 3. The van der Waals surface area contributed by atoms with Crippen LogP contribution < -0.4 is 9.75 Å². The van der Waals surface area contributed by atoms with Crippen LogP contribution in [-0.2, 0) is 7.05 Å². The van der Waals surface area contributed by atoms with Crippen LogP contribution in [0.25, 0.3) is 55.4 Å². The van der Waals surface area contributed by atoms with Gasteiger partial charge in [0.15, 0.2) is 5.82 Å². The molecule has 3 nitrogen and oxygen atoms in total. The summed E-state index contributed by atoms with van der Waals surface area (Å²) in [5.41, 5.74) is 8.77. The summed E-state index contributed by atoms with van der Waals surface area (Å²) in [7, 11) is -0.0590. The van der Waals surface area contributed by atoms with Crippen molar-refractivity contribution in [2.45, 2.75) is 26.6 Å². The van der Waals surface area contributed by atoms with Crippen molar-refractivity contribution < 1.29 is 13.4 Å². The summed E-state index contributed by atoms with van der Waals surface area (Å²) >= 11 is 0. The molecule has 0 N–H and O–H groups in total. The molecule has 0 fully saturated rings. The van der Waals surface area contributed by atoms with Crippen molar-refractivity contribution in [3.8, 4) is 39.6 Å². The average Bonchev–Trinajstić information content (AvgIpc) is 3.31. The summed E-state index contributed by atoms with van der Waals surface area (Å²) in [4.78, 5) is 0. The topological polar surface area (TPSA) is 40.8 Å². The van der Waals surface area contributed by atoms with Crippen molar-refractivity contribution in [3.63, 3.8) is 0 Å². The smallest absolute Gasteiger partial charge is 0.216 e. The zero-order chi connectivity index (χ0) is 28.2. The van der Waals surface area contributed by atoms with Crippen LogP contribution in [0, 0.1) is 24.1 Å². The number of aryl methyl sites for hydroxylation is 2. The Labute approximate surface area is 234 Å². The molecule has 6 rings (SSSR count). The van der Waals surface area contributed by atoms with E-state index in [-0.39, 0.29) is 5.82 Å². The molecular weight excluding hydrogens is 511 g/mol. The van der Waals surface area contributed by atoms with E-state index in [0.717, 1.165) is 60.6 Å². The van der Waals surface area contributed by atoms with E-state index in [0.29, 0.717) is 11.1 Å². The molecule has 0 aliphatic heterocycles. The molecule has 0 atom stereocenters. The molecule has 2 heterocycles. The molecule has 0 saturated carbocycles. The zero-order valence-electron chi connectivity index (χ0n) is 23.3. The Morgan fingerprint density at radius 2 is 1.43 bits per heavy atom. The lowest BCUT2D eigenvalue weighted by atomic mass is 9.94. The highest BCUT2D eigenvalue weighted by Crippen LogP contribution is 2.42. The number of nitrogens with zero attached hydrogens (tertiary/aromatic N) is 2. The van der Waals surface area contributed by atoms with Gasteiger partial charge in [0.25, 0.3) is 0 Å². The molecule has 5 heteroatoms. The van der Waals surface area contributed by atoms with Gasteiger partial charge < -0.3 is 4.42 Å². The predicted molar refractivity (Wildman–Crippen MR) is 164 cm³/mol. The van der Waals surface area contributed by atoms with Crippen LogP contribution in [0.15, 0.2) is 95.5 Å². The summed E-state index contributed by atoms with van der Waals surface area (Å²) in [6.45, 7) is 8.53. The van der Waals surface area contributed by atoms with Crippen LogP contribution in [0.1, 0.15) is 11.1 Å². The fourth-order valence-electron chi connectivity index (χ4n) is 5.62. The fourth-order valence-corrected chi connectivity index (χ4v) is 6.98. The second-order valence-corrected chi connectivity index (χ2v) is 16.5. The number of rotatable bonds is 4. The summed E-state index contributed by atoms with van der Waals surface area (Å²) in [6.07, 6.45) is 1.58. The number of hydrogen-bond donors (Lipinski definition) is 0. The Hall–Kier alpha value is -4.53. The Bertz CT molecular complexity index is 1980. The summed E-state index contributed by atoms with van der Waals surface area (Å²) in [5.74, 6) is -0.168.